The van der Waals surface area contributed by atoms with Crippen molar-refractivity contribution in [3.8, 4) is 0 Å². The van der Waals surface area contributed by atoms with Crippen molar-refractivity contribution in [2.24, 2.45) is 0 Å². The summed E-state index contributed by atoms with van der Waals surface area (Å²) in [5.41, 5.74) is 1.24. The van der Waals surface area contributed by atoms with Gasteiger partial charge in [0.05, 0.1) is 5.60 Å². The molecule has 130 valence electrons. The standard InChI is InChI=1S/C19H22Cl2FNO/c1-19(2,24)7-8-23-18(9-13-3-5-17(22)6-4-13)14-10-15(20)12-16(21)11-14/h3-6,10-12,18,23-24H,7-9H2,1-2H3. The first-order valence-electron chi connectivity index (χ1n) is 7.89. The molecule has 2 aromatic carbocycles. The Balaban J connectivity index is 2.18. The molecule has 2 N–H and O–H groups in total. The Morgan fingerprint density at radius 3 is 2.21 bits per heavy atom. The molecule has 0 saturated carbocycles. The van der Waals surface area contributed by atoms with E-state index in [2.05, 4.69) is 5.32 Å². The lowest BCUT2D eigenvalue weighted by Crippen LogP contribution is -2.30. The fourth-order valence-electron chi connectivity index (χ4n) is 2.49. The second kappa shape index (κ2) is 8.30. The minimum Gasteiger partial charge on any atom is -0.390 e. The summed E-state index contributed by atoms with van der Waals surface area (Å²) in [5, 5.41) is 14.5. The van der Waals surface area contributed by atoms with E-state index < -0.39 is 5.60 Å². The van der Waals surface area contributed by atoms with E-state index in [1.54, 1.807) is 32.0 Å². The summed E-state index contributed by atoms with van der Waals surface area (Å²) in [4.78, 5) is 0. The van der Waals surface area contributed by atoms with Crippen LogP contribution in [0, 0.1) is 5.82 Å². The molecule has 1 atom stereocenters. The lowest BCUT2D eigenvalue weighted by molar-refractivity contribution is 0.0703. The molecule has 0 heterocycles. The first kappa shape index (κ1) is 19.2. The second-order valence-corrected chi connectivity index (χ2v) is 7.48. The Morgan fingerprint density at radius 2 is 1.67 bits per heavy atom. The molecule has 24 heavy (non-hydrogen) atoms. The van der Waals surface area contributed by atoms with Gasteiger partial charge in [-0.3, -0.25) is 0 Å². The van der Waals surface area contributed by atoms with Crippen LogP contribution >= 0.6 is 23.2 Å². The van der Waals surface area contributed by atoms with Gasteiger partial charge in [0, 0.05) is 16.1 Å². The highest BCUT2D eigenvalue weighted by Crippen LogP contribution is 2.26. The monoisotopic (exact) mass is 369 g/mol. The maximum Gasteiger partial charge on any atom is 0.123 e. The van der Waals surface area contributed by atoms with Crippen molar-refractivity contribution in [3.63, 3.8) is 0 Å². The molecule has 0 radical (unpaired) electrons. The van der Waals surface area contributed by atoms with E-state index in [0.717, 1.165) is 11.1 Å². The average Bonchev–Trinajstić information content (AvgIpc) is 2.46. The third kappa shape index (κ3) is 6.40. The van der Waals surface area contributed by atoms with Crippen molar-refractivity contribution in [2.45, 2.75) is 38.3 Å². The molecule has 0 aliphatic rings. The summed E-state index contributed by atoms with van der Waals surface area (Å²) in [6, 6.07) is 11.9. The summed E-state index contributed by atoms with van der Waals surface area (Å²) >= 11 is 12.2. The Morgan fingerprint density at radius 1 is 1.08 bits per heavy atom. The molecule has 2 aromatic rings. The zero-order valence-electron chi connectivity index (χ0n) is 13.8. The van der Waals surface area contributed by atoms with Gasteiger partial charge in [0.1, 0.15) is 5.82 Å². The second-order valence-electron chi connectivity index (χ2n) is 6.60. The number of hydrogen-bond donors (Lipinski definition) is 2. The average molecular weight is 370 g/mol. The van der Waals surface area contributed by atoms with Crippen LogP contribution in [0.15, 0.2) is 42.5 Å². The molecular formula is C19H22Cl2FNO. The lowest BCUT2D eigenvalue weighted by atomic mass is 9.98. The highest BCUT2D eigenvalue weighted by atomic mass is 35.5. The SMILES string of the molecule is CC(C)(O)CCNC(Cc1ccc(F)cc1)c1cc(Cl)cc(Cl)c1. The molecule has 0 aliphatic carbocycles. The minimum atomic E-state index is -0.737. The molecule has 2 rings (SSSR count). The molecule has 0 saturated heterocycles. The van der Waals surface area contributed by atoms with Crippen LogP contribution in [0.4, 0.5) is 4.39 Å². The van der Waals surface area contributed by atoms with E-state index in [9.17, 15) is 9.50 Å². The van der Waals surface area contributed by atoms with Gasteiger partial charge in [0.15, 0.2) is 0 Å². The number of halogens is 3. The number of hydrogen-bond acceptors (Lipinski definition) is 2. The van der Waals surface area contributed by atoms with Gasteiger partial charge in [0.2, 0.25) is 0 Å². The fraction of sp³-hybridized carbons (Fsp3) is 0.368. The predicted octanol–water partition coefficient (Wildman–Crippen LogP) is 5.17. The Bertz CT molecular complexity index is 648. The van der Waals surface area contributed by atoms with Crippen LogP contribution in [0.1, 0.15) is 37.4 Å². The Labute approximate surface area is 152 Å². The largest absolute Gasteiger partial charge is 0.390 e. The highest BCUT2D eigenvalue weighted by molar-refractivity contribution is 6.34. The molecule has 0 aliphatic heterocycles. The van der Waals surface area contributed by atoms with Gasteiger partial charge in [-0.15, -0.1) is 0 Å². The summed E-state index contributed by atoms with van der Waals surface area (Å²) in [5.74, 6) is -0.254. The van der Waals surface area contributed by atoms with Crippen LogP contribution in [0.5, 0.6) is 0 Å². The van der Waals surface area contributed by atoms with Gasteiger partial charge in [-0.05, 0) is 74.7 Å². The van der Waals surface area contributed by atoms with Gasteiger partial charge < -0.3 is 10.4 Å². The predicted molar refractivity (Wildman–Crippen MR) is 98.2 cm³/mol. The maximum atomic E-state index is 13.1. The van der Waals surface area contributed by atoms with E-state index in [4.69, 9.17) is 23.2 Å². The first-order valence-corrected chi connectivity index (χ1v) is 8.65. The molecular weight excluding hydrogens is 348 g/mol. The molecule has 2 nitrogen and oxygen atoms in total. The summed E-state index contributed by atoms with van der Waals surface area (Å²) in [6.45, 7) is 4.19. The smallest absolute Gasteiger partial charge is 0.123 e. The molecule has 0 aromatic heterocycles. The Hall–Kier alpha value is -1.13. The van der Waals surface area contributed by atoms with Gasteiger partial charge in [-0.1, -0.05) is 35.3 Å². The van der Waals surface area contributed by atoms with Crippen molar-refractivity contribution >= 4 is 23.2 Å². The number of rotatable bonds is 7. The lowest BCUT2D eigenvalue weighted by Gasteiger charge is -2.23. The van der Waals surface area contributed by atoms with Crippen molar-refractivity contribution in [3.05, 3.63) is 69.5 Å². The molecule has 0 spiro atoms. The first-order chi connectivity index (χ1) is 11.2. The zero-order chi connectivity index (χ0) is 17.7. The molecule has 0 amide bonds. The van der Waals surface area contributed by atoms with Crippen LogP contribution in [-0.4, -0.2) is 17.3 Å². The summed E-state index contributed by atoms with van der Waals surface area (Å²) in [6.07, 6.45) is 1.28. The van der Waals surface area contributed by atoms with E-state index in [0.29, 0.717) is 29.4 Å². The van der Waals surface area contributed by atoms with Gasteiger partial charge >= 0.3 is 0 Å². The Kier molecular flexibility index (Phi) is 6.64. The van der Waals surface area contributed by atoms with Crippen molar-refractivity contribution in [1.82, 2.24) is 5.32 Å². The van der Waals surface area contributed by atoms with E-state index in [1.807, 2.05) is 12.1 Å². The number of benzene rings is 2. The quantitative estimate of drug-likeness (QED) is 0.705. The van der Waals surface area contributed by atoms with Gasteiger partial charge in [0.25, 0.3) is 0 Å². The van der Waals surface area contributed by atoms with E-state index >= 15 is 0 Å². The normalized spacial score (nSPS) is 13.1. The van der Waals surface area contributed by atoms with Crippen LogP contribution in [0.3, 0.4) is 0 Å². The number of nitrogens with one attached hydrogen (secondary N) is 1. The molecule has 0 fully saturated rings. The molecule has 1 unspecified atom stereocenters. The van der Waals surface area contributed by atoms with Crippen LogP contribution in [-0.2, 0) is 6.42 Å². The van der Waals surface area contributed by atoms with Crippen LogP contribution < -0.4 is 5.32 Å². The third-order valence-corrected chi connectivity index (χ3v) is 4.20. The summed E-state index contributed by atoms with van der Waals surface area (Å²) in [7, 11) is 0. The summed E-state index contributed by atoms with van der Waals surface area (Å²) < 4.78 is 13.1. The highest BCUT2D eigenvalue weighted by Gasteiger charge is 2.17. The zero-order valence-corrected chi connectivity index (χ0v) is 15.3. The van der Waals surface area contributed by atoms with Crippen LogP contribution in [0.2, 0.25) is 10.0 Å². The maximum absolute atomic E-state index is 13.1. The fourth-order valence-corrected chi connectivity index (χ4v) is 3.04. The van der Waals surface area contributed by atoms with E-state index in [1.165, 1.54) is 12.1 Å². The van der Waals surface area contributed by atoms with Gasteiger partial charge in [-0.25, -0.2) is 4.39 Å². The van der Waals surface area contributed by atoms with Crippen LogP contribution in [0.25, 0.3) is 0 Å². The van der Waals surface area contributed by atoms with Gasteiger partial charge in [-0.2, -0.15) is 0 Å². The molecule has 0 bridgehead atoms. The number of aliphatic hydroxyl groups is 1. The minimum absolute atomic E-state index is 0.0333. The topological polar surface area (TPSA) is 32.3 Å². The van der Waals surface area contributed by atoms with Crippen molar-refractivity contribution in [1.29, 1.82) is 0 Å². The van der Waals surface area contributed by atoms with Crippen molar-refractivity contribution in [2.75, 3.05) is 6.54 Å². The van der Waals surface area contributed by atoms with E-state index in [-0.39, 0.29) is 11.9 Å². The van der Waals surface area contributed by atoms with Crippen molar-refractivity contribution < 1.29 is 9.50 Å². The molecule has 5 heteroatoms. The third-order valence-electron chi connectivity index (χ3n) is 3.77.